The van der Waals surface area contributed by atoms with Gasteiger partial charge in [-0.05, 0) is 0 Å². The molecular formula is CHCo2O-. The first-order chi connectivity index (χ1) is 1.00. The van der Waals surface area contributed by atoms with Crippen LogP contribution in [0.2, 0.25) is 0 Å². The van der Waals surface area contributed by atoms with Crippen molar-refractivity contribution in [2.24, 2.45) is 0 Å². The molecule has 0 saturated heterocycles. The molecule has 0 aromatic carbocycles. The fraction of sp³-hybridized carbons (Fsp3) is 0. The molecule has 0 aliphatic heterocycles. The zero-order valence-electron chi connectivity index (χ0n) is 1.65. The molecule has 3 heteroatoms. The predicted octanol–water partition coefficient (Wildman–Crippen LogP) is -0.279. The van der Waals surface area contributed by atoms with E-state index in [1.807, 2.05) is 0 Å². The van der Waals surface area contributed by atoms with Crippen molar-refractivity contribution in [3.63, 3.8) is 0 Å². The Labute approximate surface area is 45.5 Å². The molecule has 1 nitrogen and oxygen atoms in total. The Balaban J connectivity index is -0.00000000500. The van der Waals surface area contributed by atoms with Gasteiger partial charge in [-0.2, -0.15) is 0 Å². The Morgan fingerprint density at radius 2 is 1.00 bits per heavy atom. The van der Waals surface area contributed by atoms with Crippen LogP contribution in [0.4, 0.5) is 0 Å². The zero-order chi connectivity index (χ0) is 2.00. The minimum Gasteiger partial charge on any atom is -0.545 e. The second-order valence-corrected chi connectivity index (χ2v) is 0. The van der Waals surface area contributed by atoms with Crippen LogP contribution < -0.4 is 0 Å². The van der Waals surface area contributed by atoms with Crippen LogP contribution >= 0.6 is 0 Å². The van der Waals surface area contributed by atoms with E-state index in [4.69, 9.17) is 4.79 Å². The summed E-state index contributed by atoms with van der Waals surface area (Å²) < 4.78 is 0. The third-order valence-electron chi connectivity index (χ3n) is 0. The number of rotatable bonds is 0. The molecule has 0 unspecified atom stereocenters. The summed E-state index contributed by atoms with van der Waals surface area (Å²) in [5, 5.41) is 0. The normalized spacial score (nSPS) is 1.00. The Morgan fingerprint density at radius 1 is 1.00 bits per heavy atom. The van der Waals surface area contributed by atoms with E-state index in [2.05, 4.69) is 6.79 Å². The summed E-state index contributed by atoms with van der Waals surface area (Å²) >= 11 is 0. The fourth-order valence-electron chi connectivity index (χ4n) is 0. The molecule has 0 amide bonds. The largest absolute Gasteiger partial charge is 0.545 e. The summed E-state index contributed by atoms with van der Waals surface area (Å²) in [6.07, 6.45) is 0. The molecule has 0 aliphatic carbocycles. The van der Waals surface area contributed by atoms with E-state index in [1.165, 1.54) is 0 Å². The molecule has 0 spiro atoms. The van der Waals surface area contributed by atoms with E-state index in [1.54, 1.807) is 0 Å². The van der Waals surface area contributed by atoms with Crippen molar-refractivity contribution >= 4 is 6.79 Å². The summed E-state index contributed by atoms with van der Waals surface area (Å²) in [5.41, 5.74) is 0. The molecule has 0 rings (SSSR count). The van der Waals surface area contributed by atoms with Crippen molar-refractivity contribution in [2.75, 3.05) is 0 Å². The van der Waals surface area contributed by atoms with Crippen molar-refractivity contribution in [3.05, 3.63) is 0 Å². The number of hydrogen-bond acceptors (Lipinski definition) is 1. The minimum atomic E-state index is 0. The molecule has 0 bridgehead atoms. The first kappa shape index (κ1) is 22.4. The van der Waals surface area contributed by atoms with Gasteiger partial charge in [0.15, 0.2) is 0 Å². The molecule has 0 aromatic rings. The average molecular weight is 147 g/mol. The third-order valence-corrected chi connectivity index (χ3v) is 0. The van der Waals surface area contributed by atoms with E-state index in [9.17, 15) is 0 Å². The number of carbonyl (C=O) groups excluding carboxylic acids is 1. The van der Waals surface area contributed by atoms with Gasteiger partial charge in [0.25, 0.3) is 0 Å². The Bertz CT molecular complexity index is 6.00. The standard InChI is InChI=1S/CHO.2Co/c1-2;;/h1H;;/q-1;;. The molecule has 2 radical (unpaired) electrons. The van der Waals surface area contributed by atoms with Gasteiger partial charge < -0.3 is 4.79 Å². The van der Waals surface area contributed by atoms with E-state index >= 15 is 0 Å². The van der Waals surface area contributed by atoms with Gasteiger partial charge in [-0.1, -0.05) is 0 Å². The van der Waals surface area contributed by atoms with Crippen molar-refractivity contribution in [3.8, 4) is 0 Å². The van der Waals surface area contributed by atoms with Crippen molar-refractivity contribution < 1.29 is 38.4 Å². The van der Waals surface area contributed by atoms with Gasteiger partial charge in [-0.25, -0.2) is 0 Å². The summed E-state index contributed by atoms with van der Waals surface area (Å²) in [5.74, 6) is 0. The summed E-state index contributed by atoms with van der Waals surface area (Å²) in [7, 11) is 0. The molecule has 0 atom stereocenters. The maximum absolute atomic E-state index is 7.75. The first-order valence-electron chi connectivity index (χ1n) is 0.236. The minimum absolute atomic E-state index is 0. The van der Waals surface area contributed by atoms with Gasteiger partial charge in [0, 0.05) is 33.6 Å². The van der Waals surface area contributed by atoms with E-state index in [0.717, 1.165) is 0 Å². The number of hydrogen-bond donors (Lipinski definition) is 0. The molecule has 0 aromatic heterocycles. The van der Waals surface area contributed by atoms with Crippen LogP contribution in [-0.2, 0) is 38.4 Å². The van der Waals surface area contributed by atoms with Crippen LogP contribution in [0.3, 0.4) is 0 Å². The molecule has 0 aliphatic rings. The molecule has 0 saturated carbocycles. The van der Waals surface area contributed by atoms with Gasteiger partial charge in [0.05, 0.1) is 0 Å². The molecular weight excluding hydrogens is 146 g/mol. The third kappa shape index (κ3) is 16.3. The van der Waals surface area contributed by atoms with Crippen LogP contribution in [-0.4, -0.2) is 6.79 Å². The van der Waals surface area contributed by atoms with Gasteiger partial charge in [-0.3, -0.25) is 6.79 Å². The predicted molar refractivity (Wildman–Crippen MR) is 6.75 cm³/mol. The molecule has 0 fully saturated rings. The second-order valence-electron chi connectivity index (χ2n) is 0. The quantitative estimate of drug-likeness (QED) is 0.340. The summed E-state index contributed by atoms with van der Waals surface area (Å²) in [4.78, 5) is 7.75. The van der Waals surface area contributed by atoms with Crippen LogP contribution in [0.25, 0.3) is 0 Å². The molecule has 4 heavy (non-hydrogen) atoms. The zero-order valence-corrected chi connectivity index (χ0v) is 3.73. The monoisotopic (exact) mass is 147 g/mol. The maximum atomic E-state index is 7.75. The van der Waals surface area contributed by atoms with Crippen molar-refractivity contribution in [1.29, 1.82) is 0 Å². The van der Waals surface area contributed by atoms with Gasteiger partial charge in [-0.15, -0.1) is 0 Å². The second kappa shape index (κ2) is 56.8. The summed E-state index contributed by atoms with van der Waals surface area (Å²) in [6.45, 7) is 3.25. The van der Waals surface area contributed by atoms with Crippen LogP contribution in [0.5, 0.6) is 0 Å². The van der Waals surface area contributed by atoms with Gasteiger partial charge in [0.2, 0.25) is 0 Å². The van der Waals surface area contributed by atoms with Crippen LogP contribution in [0, 0.1) is 0 Å². The molecule has 0 heterocycles. The Morgan fingerprint density at radius 3 is 1.00 bits per heavy atom. The smallest absolute Gasteiger partial charge is 0 e. The SMILES string of the molecule is [CH-]=O.[Co].[Co]. The maximum Gasteiger partial charge on any atom is 0 e. The Kier molecular flexibility index (Phi) is 319. The Hall–Kier alpha value is 0.683. The molecule has 0 N–H and O–H groups in total. The summed E-state index contributed by atoms with van der Waals surface area (Å²) in [6, 6.07) is 0. The van der Waals surface area contributed by atoms with Crippen molar-refractivity contribution in [2.45, 2.75) is 0 Å². The van der Waals surface area contributed by atoms with E-state index in [0.29, 0.717) is 0 Å². The van der Waals surface area contributed by atoms with Gasteiger partial charge in [0.1, 0.15) is 0 Å². The van der Waals surface area contributed by atoms with Crippen molar-refractivity contribution in [1.82, 2.24) is 0 Å². The van der Waals surface area contributed by atoms with Gasteiger partial charge >= 0.3 is 0 Å². The van der Waals surface area contributed by atoms with E-state index in [-0.39, 0.29) is 33.6 Å². The van der Waals surface area contributed by atoms with E-state index < -0.39 is 0 Å². The fourth-order valence-corrected chi connectivity index (χ4v) is 0. The van der Waals surface area contributed by atoms with Crippen LogP contribution in [0.15, 0.2) is 0 Å². The average Bonchev–Trinajstić information content (AvgIpc) is 1.00. The van der Waals surface area contributed by atoms with Crippen LogP contribution in [0.1, 0.15) is 0 Å². The first-order valence-corrected chi connectivity index (χ1v) is 0.236. The topological polar surface area (TPSA) is 17.1 Å². The molecule has 30 valence electrons.